The fourth-order valence-electron chi connectivity index (χ4n) is 1.82. The molecule has 0 radical (unpaired) electrons. The van der Waals surface area contributed by atoms with Gasteiger partial charge in [-0.2, -0.15) is 5.26 Å². The zero-order valence-electron chi connectivity index (χ0n) is 10.3. The molecule has 1 unspecified atom stereocenters. The highest BCUT2D eigenvalue weighted by atomic mass is 35.5. The Bertz CT molecular complexity index is 634. The molecule has 0 saturated carbocycles. The standard InChI is InChI=1S/C15H12ClFN2/c1-10-3-2-4-12(7-10)19-15(9-18)13-8-11(16)5-6-14(13)17/h2-8,15,19H,1H3. The van der Waals surface area contributed by atoms with Crippen LogP contribution in [0.15, 0.2) is 42.5 Å². The van der Waals surface area contributed by atoms with Crippen molar-refractivity contribution in [3.05, 3.63) is 64.4 Å². The molecule has 0 spiro atoms. The van der Waals surface area contributed by atoms with Crippen LogP contribution in [0.1, 0.15) is 17.2 Å². The van der Waals surface area contributed by atoms with Crippen LogP contribution in [0, 0.1) is 24.1 Å². The van der Waals surface area contributed by atoms with Crippen molar-refractivity contribution in [2.24, 2.45) is 0 Å². The first-order chi connectivity index (χ1) is 9.10. The lowest BCUT2D eigenvalue weighted by atomic mass is 10.1. The SMILES string of the molecule is Cc1cccc(NC(C#N)c2cc(Cl)ccc2F)c1. The van der Waals surface area contributed by atoms with E-state index < -0.39 is 11.9 Å². The van der Waals surface area contributed by atoms with Crippen molar-refractivity contribution in [2.45, 2.75) is 13.0 Å². The molecular formula is C15H12ClFN2. The highest BCUT2D eigenvalue weighted by Crippen LogP contribution is 2.24. The predicted molar refractivity (Wildman–Crippen MR) is 74.6 cm³/mol. The molecule has 2 rings (SSSR count). The number of halogens is 2. The maximum atomic E-state index is 13.7. The minimum absolute atomic E-state index is 0.247. The highest BCUT2D eigenvalue weighted by molar-refractivity contribution is 6.30. The summed E-state index contributed by atoms with van der Waals surface area (Å²) < 4.78 is 13.7. The average molecular weight is 275 g/mol. The second-order valence-corrected chi connectivity index (χ2v) is 4.68. The molecule has 0 aliphatic rings. The van der Waals surface area contributed by atoms with Crippen molar-refractivity contribution in [3.8, 4) is 6.07 Å². The molecule has 0 bridgehead atoms. The first kappa shape index (κ1) is 13.4. The summed E-state index contributed by atoms with van der Waals surface area (Å²) in [6.45, 7) is 1.95. The predicted octanol–water partition coefficient (Wildman–Crippen LogP) is 4.46. The van der Waals surface area contributed by atoms with E-state index in [9.17, 15) is 9.65 Å². The maximum Gasteiger partial charge on any atom is 0.143 e. The summed E-state index contributed by atoms with van der Waals surface area (Å²) in [6, 6.07) is 13.0. The van der Waals surface area contributed by atoms with Crippen LogP contribution >= 0.6 is 11.6 Å². The van der Waals surface area contributed by atoms with Gasteiger partial charge in [0.2, 0.25) is 0 Å². The Morgan fingerprint density at radius 1 is 1.26 bits per heavy atom. The quantitative estimate of drug-likeness (QED) is 0.897. The van der Waals surface area contributed by atoms with Crippen molar-refractivity contribution in [2.75, 3.05) is 5.32 Å². The van der Waals surface area contributed by atoms with Gasteiger partial charge in [0.15, 0.2) is 0 Å². The van der Waals surface area contributed by atoms with Gasteiger partial charge in [-0.1, -0.05) is 23.7 Å². The van der Waals surface area contributed by atoms with E-state index in [4.69, 9.17) is 11.6 Å². The number of rotatable bonds is 3. The average Bonchev–Trinajstić information content (AvgIpc) is 2.39. The lowest BCUT2D eigenvalue weighted by Crippen LogP contribution is -2.10. The molecule has 4 heteroatoms. The summed E-state index contributed by atoms with van der Waals surface area (Å²) >= 11 is 5.84. The van der Waals surface area contributed by atoms with E-state index in [1.54, 1.807) is 0 Å². The van der Waals surface area contributed by atoms with Crippen molar-refractivity contribution in [3.63, 3.8) is 0 Å². The number of hydrogen-bond acceptors (Lipinski definition) is 2. The summed E-state index contributed by atoms with van der Waals surface area (Å²) in [5.74, 6) is -0.448. The summed E-state index contributed by atoms with van der Waals surface area (Å²) in [6.07, 6.45) is 0. The van der Waals surface area contributed by atoms with E-state index in [-0.39, 0.29) is 5.56 Å². The number of nitrogens with one attached hydrogen (secondary N) is 1. The normalized spacial score (nSPS) is 11.7. The van der Waals surface area contributed by atoms with E-state index in [0.29, 0.717) is 5.02 Å². The van der Waals surface area contributed by atoms with Crippen molar-refractivity contribution >= 4 is 17.3 Å². The Morgan fingerprint density at radius 3 is 2.74 bits per heavy atom. The fraction of sp³-hybridized carbons (Fsp3) is 0.133. The van der Waals surface area contributed by atoms with E-state index >= 15 is 0 Å². The first-order valence-electron chi connectivity index (χ1n) is 5.78. The smallest absolute Gasteiger partial charge is 0.143 e. The van der Waals surface area contributed by atoms with Gasteiger partial charge in [-0.3, -0.25) is 0 Å². The summed E-state index contributed by atoms with van der Waals surface area (Å²) in [7, 11) is 0. The molecule has 1 N–H and O–H groups in total. The van der Waals surface area contributed by atoms with Crippen molar-refractivity contribution in [1.29, 1.82) is 5.26 Å². The number of aryl methyl sites for hydroxylation is 1. The van der Waals surface area contributed by atoms with Gasteiger partial charge < -0.3 is 5.32 Å². The lowest BCUT2D eigenvalue weighted by Gasteiger charge is -2.14. The van der Waals surface area contributed by atoms with Crippen LogP contribution in [0.25, 0.3) is 0 Å². The van der Waals surface area contributed by atoms with Gasteiger partial charge in [0, 0.05) is 16.3 Å². The summed E-state index contributed by atoms with van der Waals surface area (Å²) in [4.78, 5) is 0. The zero-order valence-corrected chi connectivity index (χ0v) is 11.1. The van der Waals surface area contributed by atoms with Gasteiger partial charge in [-0.05, 0) is 42.8 Å². The fourth-order valence-corrected chi connectivity index (χ4v) is 2.00. The Hall–Kier alpha value is -2.05. The van der Waals surface area contributed by atoms with Crippen molar-refractivity contribution in [1.82, 2.24) is 0 Å². The van der Waals surface area contributed by atoms with Crippen LogP contribution in [0.5, 0.6) is 0 Å². The van der Waals surface area contributed by atoms with Crippen LogP contribution < -0.4 is 5.32 Å². The molecule has 0 aliphatic carbocycles. The van der Waals surface area contributed by atoms with Gasteiger partial charge in [0.25, 0.3) is 0 Å². The van der Waals surface area contributed by atoms with Crippen LogP contribution in [0.4, 0.5) is 10.1 Å². The number of nitriles is 1. The molecule has 19 heavy (non-hydrogen) atoms. The largest absolute Gasteiger partial charge is 0.366 e. The van der Waals surface area contributed by atoms with Gasteiger partial charge in [0.05, 0.1) is 6.07 Å². The van der Waals surface area contributed by atoms with E-state index in [1.165, 1.54) is 18.2 Å². The molecule has 2 aromatic rings. The Morgan fingerprint density at radius 2 is 2.05 bits per heavy atom. The molecule has 1 atom stereocenters. The zero-order chi connectivity index (χ0) is 13.8. The summed E-state index contributed by atoms with van der Waals surface area (Å²) in [5.41, 5.74) is 2.08. The van der Waals surface area contributed by atoms with Crippen LogP contribution in [-0.4, -0.2) is 0 Å². The number of anilines is 1. The molecule has 0 aromatic heterocycles. The Balaban J connectivity index is 2.31. The molecule has 0 amide bonds. The summed E-state index contributed by atoms with van der Waals surface area (Å²) in [5, 5.41) is 12.6. The molecule has 96 valence electrons. The molecule has 0 fully saturated rings. The van der Waals surface area contributed by atoms with E-state index in [0.717, 1.165) is 11.3 Å². The first-order valence-corrected chi connectivity index (χ1v) is 6.15. The lowest BCUT2D eigenvalue weighted by molar-refractivity contribution is 0.607. The van der Waals surface area contributed by atoms with Gasteiger partial charge in [-0.25, -0.2) is 4.39 Å². The minimum Gasteiger partial charge on any atom is -0.366 e. The van der Waals surface area contributed by atoms with Gasteiger partial charge in [-0.15, -0.1) is 0 Å². The van der Waals surface area contributed by atoms with E-state index in [1.807, 2.05) is 37.3 Å². The Kier molecular flexibility index (Phi) is 4.03. The third kappa shape index (κ3) is 3.24. The van der Waals surface area contributed by atoms with Crippen LogP contribution in [-0.2, 0) is 0 Å². The number of hydrogen-bond donors (Lipinski definition) is 1. The third-order valence-corrected chi connectivity index (χ3v) is 2.96. The number of benzene rings is 2. The van der Waals surface area contributed by atoms with Crippen LogP contribution in [0.3, 0.4) is 0 Å². The topological polar surface area (TPSA) is 35.8 Å². The van der Waals surface area contributed by atoms with E-state index in [2.05, 4.69) is 5.32 Å². The second kappa shape index (κ2) is 5.73. The maximum absolute atomic E-state index is 13.7. The highest BCUT2D eigenvalue weighted by Gasteiger charge is 2.15. The molecular weight excluding hydrogens is 263 g/mol. The second-order valence-electron chi connectivity index (χ2n) is 4.24. The number of nitrogens with zero attached hydrogens (tertiary/aromatic N) is 1. The van der Waals surface area contributed by atoms with Crippen LogP contribution in [0.2, 0.25) is 5.02 Å². The molecule has 0 saturated heterocycles. The van der Waals surface area contributed by atoms with Gasteiger partial charge in [0.1, 0.15) is 11.9 Å². The molecule has 0 heterocycles. The van der Waals surface area contributed by atoms with Gasteiger partial charge >= 0.3 is 0 Å². The molecule has 0 aliphatic heterocycles. The minimum atomic E-state index is -0.777. The monoisotopic (exact) mass is 274 g/mol. The third-order valence-electron chi connectivity index (χ3n) is 2.73. The molecule has 2 aromatic carbocycles. The van der Waals surface area contributed by atoms with Crippen molar-refractivity contribution < 1.29 is 4.39 Å². The molecule has 2 nitrogen and oxygen atoms in total. The Labute approximate surface area is 116 Å².